The third-order valence-corrected chi connectivity index (χ3v) is 2.39. The molecule has 0 saturated carbocycles. The lowest BCUT2D eigenvalue weighted by molar-refractivity contribution is -0.289. The van der Waals surface area contributed by atoms with Gasteiger partial charge in [0, 0.05) is 0 Å². The van der Waals surface area contributed by atoms with Crippen LogP contribution in [0.3, 0.4) is 0 Å². The summed E-state index contributed by atoms with van der Waals surface area (Å²) in [4.78, 5) is 3.99. The first kappa shape index (κ1) is 18.0. The Morgan fingerprint density at radius 3 is 1.68 bits per heavy atom. The van der Waals surface area contributed by atoms with Gasteiger partial charge in [-0.15, -0.1) is 4.83 Å². The summed E-state index contributed by atoms with van der Waals surface area (Å²) in [5, 5.41) is 0. The van der Waals surface area contributed by atoms with Crippen molar-refractivity contribution in [1.82, 2.24) is 10.3 Å². The number of sulfonamides is 1. The number of amidine groups is 1. The Bertz CT molecular complexity index is 438. The van der Waals surface area contributed by atoms with Crippen molar-refractivity contribution in [3.05, 3.63) is 0 Å². The van der Waals surface area contributed by atoms with Gasteiger partial charge in [-0.2, -0.15) is 26.3 Å². The zero-order valence-corrected chi connectivity index (χ0v) is 10.8. The van der Waals surface area contributed by atoms with Gasteiger partial charge in [-0.05, 0) is 13.8 Å². The molecule has 0 radical (unpaired) electrons. The Hall–Kier alpha value is -1.04. The minimum Gasteiger partial charge on any atom is -0.296 e. The van der Waals surface area contributed by atoms with Crippen molar-refractivity contribution >= 4 is 15.9 Å². The standard InChI is InChI=1S/C7H11F6N3O2S/c1-4(15-16-19(3,17)18)14-5(2,6(8,9)10)7(11,12)13/h16H,1-3H3,(H,14,15). The van der Waals surface area contributed by atoms with Crippen molar-refractivity contribution in [1.29, 1.82) is 0 Å². The van der Waals surface area contributed by atoms with Crippen LogP contribution < -0.4 is 10.3 Å². The molecular formula is C7H11F6N3O2S. The van der Waals surface area contributed by atoms with Crippen molar-refractivity contribution in [2.24, 2.45) is 4.99 Å². The van der Waals surface area contributed by atoms with Gasteiger partial charge in [0.05, 0.1) is 6.26 Å². The van der Waals surface area contributed by atoms with Gasteiger partial charge in [0.2, 0.25) is 15.6 Å². The molecule has 0 aliphatic carbocycles. The molecule has 0 spiro atoms. The van der Waals surface area contributed by atoms with Gasteiger partial charge in [-0.1, -0.05) is 0 Å². The second-order valence-corrected chi connectivity index (χ2v) is 5.51. The highest BCUT2D eigenvalue weighted by molar-refractivity contribution is 7.88. The van der Waals surface area contributed by atoms with E-state index in [1.165, 1.54) is 4.83 Å². The molecule has 114 valence electrons. The van der Waals surface area contributed by atoms with Crippen molar-refractivity contribution < 1.29 is 34.8 Å². The van der Waals surface area contributed by atoms with E-state index in [0.717, 1.165) is 6.92 Å². The van der Waals surface area contributed by atoms with Crippen LogP contribution in [0, 0.1) is 0 Å². The molecule has 0 aromatic heterocycles. The number of nitrogens with one attached hydrogen (secondary N) is 2. The van der Waals surface area contributed by atoms with Gasteiger partial charge in [0.25, 0.3) is 0 Å². The topological polar surface area (TPSA) is 70.6 Å². The quantitative estimate of drug-likeness (QED) is 0.357. The lowest BCUT2D eigenvalue weighted by Gasteiger charge is -2.30. The van der Waals surface area contributed by atoms with Crippen LogP contribution in [0.25, 0.3) is 0 Å². The summed E-state index contributed by atoms with van der Waals surface area (Å²) >= 11 is 0. The largest absolute Gasteiger partial charge is 0.422 e. The van der Waals surface area contributed by atoms with Gasteiger partial charge in [-0.3, -0.25) is 5.43 Å². The minimum atomic E-state index is -5.68. The average molecular weight is 315 g/mol. The summed E-state index contributed by atoms with van der Waals surface area (Å²) in [5.41, 5.74) is -2.70. The lowest BCUT2D eigenvalue weighted by Crippen LogP contribution is -2.54. The molecule has 12 heteroatoms. The number of hydrogen-bond donors (Lipinski definition) is 2. The van der Waals surface area contributed by atoms with Crippen molar-refractivity contribution in [2.45, 2.75) is 31.7 Å². The summed E-state index contributed by atoms with van der Waals surface area (Å²) in [6.45, 7) is 0.604. The predicted molar refractivity (Wildman–Crippen MR) is 54.7 cm³/mol. The second kappa shape index (κ2) is 5.15. The Kier molecular flexibility index (Phi) is 4.87. The third kappa shape index (κ3) is 4.86. The second-order valence-electron chi connectivity index (χ2n) is 3.76. The fourth-order valence-electron chi connectivity index (χ4n) is 0.817. The number of hydrogen-bond acceptors (Lipinski definition) is 3. The molecule has 0 amide bonds. The first-order valence-electron chi connectivity index (χ1n) is 4.53. The monoisotopic (exact) mass is 315 g/mol. The third-order valence-electron chi connectivity index (χ3n) is 1.91. The van der Waals surface area contributed by atoms with Gasteiger partial charge >= 0.3 is 12.4 Å². The lowest BCUT2D eigenvalue weighted by atomic mass is 10.0. The highest BCUT2D eigenvalue weighted by Crippen LogP contribution is 2.45. The molecule has 5 nitrogen and oxygen atoms in total. The molecule has 0 saturated heterocycles. The van der Waals surface area contributed by atoms with Crippen molar-refractivity contribution in [3.63, 3.8) is 0 Å². The number of alkyl halides is 6. The van der Waals surface area contributed by atoms with Crippen LogP contribution >= 0.6 is 0 Å². The SMILES string of the molecule is CC(=NC(C)(C(F)(F)F)C(F)(F)F)NNS(C)(=O)=O. The van der Waals surface area contributed by atoms with E-state index in [4.69, 9.17) is 0 Å². The van der Waals surface area contributed by atoms with E-state index in [1.54, 1.807) is 5.43 Å². The van der Waals surface area contributed by atoms with Crippen molar-refractivity contribution in [2.75, 3.05) is 6.26 Å². The first-order chi connectivity index (χ1) is 8.10. The van der Waals surface area contributed by atoms with E-state index < -0.39 is 33.8 Å². The van der Waals surface area contributed by atoms with Crippen LogP contribution in [-0.4, -0.2) is 38.4 Å². The minimum absolute atomic E-state index is 0.154. The van der Waals surface area contributed by atoms with Crippen LogP contribution in [0.15, 0.2) is 4.99 Å². The molecular weight excluding hydrogens is 304 g/mol. The predicted octanol–water partition coefficient (Wildman–Crippen LogP) is 1.34. The van der Waals surface area contributed by atoms with Gasteiger partial charge in [-0.25, -0.2) is 13.4 Å². The number of hydrazine groups is 1. The first-order valence-corrected chi connectivity index (χ1v) is 6.42. The van der Waals surface area contributed by atoms with Gasteiger partial charge < -0.3 is 0 Å². The van der Waals surface area contributed by atoms with E-state index in [0.29, 0.717) is 6.26 Å². The van der Waals surface area contributed by atoms with E-state index in [2.05, 4.69) is 4.99 Å². The summed E-state index contributed by atoms with van der Waals surface area (Å²) in [7, 11) is -3.85. The van der Waals surface area contributed by atoms with Gasteiger partial charge in [0.15, 0.2) is 0 Å². The normalized spacial score (nSPS) is 15.5. The van der Waals surface area contributed by atoms with Crippen LogP contribution in [-0.2, 0) is 10.0 Å². The van der Waals surface area contributed by atoms with E-state index in [9.17, 15) is 34.8 Å². The van der Waals surface area contributed by atoms with Crippen molar-refractivity contribution in [3.8, 4) is 0 Å². The number of rotatable bonds is 3. The molecule has 0 aliphatic rings. The summed E-state index contributed by atoms with van der Waals surface area (Å²) in [5.74, 6) is -0.887. The highest BCUT2D eigenvalue weighted by atomic mass is 32.2. The fourth-order valence-corrected chi connectivity index (χ4v) is 1.15. The summed E-state index contributed by atoms with van der Waals surface area (Å²) in [6, 6.07) is 0. The smallest absolute Gasteiger partial charge is 0.296 e. The molecule has 0 fully saturated rings. The zero-order valence-electron chi connectivity index (χ0n) is 9.94. The molecule has 19 heavy (non-hydrogen) atoms. The van der Waals surface area contributed by atoms with E-state index >= 15 is 0 Å². The Morgan fingerprint density at radius 1 is 1.05 bits per heavy atom. The molecule has 0 atom stereocenters. The molecule has 0 aliphatic heterocycles. The maximum absolute atomic E-state index is 12.4. The zero-order chi connectivity index (χ0) is 15.7. The van der Waals surface area contributed by atoms with E-state index in [-0.39, 0.29) is 6.92 Å². The van der Waals surface area contributed by atoms with Crippen LogP contribution in [0.2, 0.25) is 0 Å². The van der Waals surface area contributed by atoms with Gasteiger partial charge in [0.1, 0.15) is 5.84 Å². The maximum Gasteiger partial charge on any atom is 0.422 e. The number of aliphatic imine (C=N–C) groups is 1. The Balaban J connectivity index is 5.36. The molecule has 0 bridgehead atoms. The fraction of sp³-hybridized carbons (Fsp3) is 0.857. The Labute approximate surface area is 105 Å². The number of halogens is 6. The van der Waals surface area contributed by atoms with E-state index in [1.807, 2.05) is 0 Å². The Morgan fingerprint density at radius 2 is 1.42 bits per heavy atom. The summed E-state index contributed by atoms with van der Waals surface area (Å²) < 4.78 is 95.9. The molecule has 0 heterocycles. The number of nitrogens with zero attached hydrogens (tertiary/aromatic N) is 1. The highest BCUT2D eigenvalue weighted by Gasteiger charge is 2.68. The van der Waals surface area contributed by atoms with Crippen LogP contribution in [0.1, 0.15) is 13.8 Å². The summed E-state index contributed by atoms with van der Waals surface area (Å²) in [6.07, 6.45) is -10.7. The maximum atomic E-state index is 12.4. The molecule has 0 aromatic carbocycles. The van der Waals surface area contributed by atoms with Crippen LogP contribution in [0.4, 0.5) is 26.3 Å². The van der Waals surface area contributed by atoms with Crippen LogP contribution in [0.5, 0.6) is 0 Å². The molecule has 2 N–H and O–H groups in total. The molecule has 0 unspecified atom stereocenters. The molecule has 0 aromatic rings. The average Bonchev–Trinajstić information content (AvgIpc) is 2.09. The molecule has 0 rings (SSSR count).